The molecule has 3 aromatic heterocycles. The number of benzene rings is 1. The first-order chi connectivity index (χ1) is 13.5. The van der Waals surface area contributed by atoms with Crippen LogP contribution >= 0.6 is 11.3 Å². The van der Waals surface area contributed by atoms with E-state index in [2.05, 4.69) is 35.1 Å². The summed E-state index contributed by atoms with van der Waals surface area (Å²) in [5.74, 6) is 0. The van der Waals surface area contributed by atoms with Gasteiger partial charge in [-0.1, -0.05) is 0 Å². The highest BCUT2D eigenvalue weighted by atomic mass is 32.1. The largest absolute Gasteiger partial charge is 0.422 e. The maximum absolute atomic E-state index is 12.7. The first kappa shape index (κ1) is 17.5. The monoisotopic (exact) mass is 394 g/mol. The highest BCUT2D eigenvalue weighted by molar-refractivity contribution is 7.15. The fraction of sp³-hybridized carbons (Fsp3) is 0.333. The molecular weight excluding hydrogens is 372 g/mol. The Morgan fingerprint density at radius 2 is 2.00 bits per heavy atom. The minimum Gasteiger partial charge on any atom is -0.422 e. The van der Waals surface area contributed by atoms with Crippen LogP contribution < -0.4 is 15.8 Å². The molecule has 7 heteroatoms. The van der Waals surface area contributed by atoms with Crippen molar-refractivity contribution in [3.8, 4) is 11.3 Å². The minimum absolute atomic E-state index is 0.352. The zero-order chi connectivity index (χ0) is 19.4. The molecule has 2 unspecified atom stereocenters. The quantitative estimate of drug-likeness (QED) is 0.526. The van der Waals surface area contributed by atoms with Gasteiger partial charge >= 0.3 is 5.63 Å². The maximum Gasteiger partial charge on any atom is 0.345 e. The number of nitrogens with one attached hydrogen (secondary N) is 1. The van der Waals surface area contributed by atoms with Crippen LogP contribution in [0.4, 0.5) is 5.69 Å². The number of nitrogens with zero attached hydrogens (tertiary/aromatic N) is 3. The van der Waals surface area contributed by atoms with Crippen LogP contribution in [-0.2, 0) is 0 Å². The predicted octanol–water partition coefficient (Wildman–Crippen LogP) is 3.66. The van der Waals surface area contributed by atoms with Gasteiger partial charge in [0.15, 0.2) is 4.96 Å². The number of hydrogen-bond donors (Lipinski definition) is 1. The highest BCUT2D eigenvalue weighted by Gasteiger charge is 2.22. The Morgan fingerprint density at radius 1 is 1.21 bits per heavy atom. The lowest BCUT2D eigenvalue weighted by molar-refractivity contribution is 0.407. The number of fused-ring (bicyclic) bond motifs is 2. The van der Waals surface area contributed by atoms with E-state index in [4.69, 9.17) is 4.42 Å². The topological polar surface area (TPSA) is 62.8 Å². The third-order valence-corrected chi connectivity index (χ3v) is 6.26. The standard InChI is InChI=1S/C21H22N4O2S/c1-12-8-24(9-13(2)22-12)16-5-4-15-6-17(20(26)27-19(15)7-16)18-10-25-14(3)11-28-21(25)23-18/h4-7,10-13,22H,8-9H2,1-3H3. The highest BCUT2D eigenvalue weighted by Crippen LogP contribution is 2.27. The lowest BCUT2D eigenvalue weighted by atomic mass is 10.1. The van der Waals surface area contributed by atoms with Gasteiger partial charge < -0.3 is 14.6 Å². The van der Waals surface area contributed by atoms with Crippen molar-refractivity contribution >= 4 is 33.0 Å². The Bertz CT molecular complexity index is 1230. The van der Waals surface area contributed by atoms with Gasteiger partial charge in [-0.25, -0.2) is 9.78 Å². The van der Waals surface area contributed by atoms with Crippen LogP contribution in [0.1, 0.15) is 19.5 Å². The molecule has 0 aliphatic carbocycles. The first-order valence-corrected chi connectivity index (χ1v) is 10.4. The molecule has 4 aromatic rings. The van der Waals surface area contributed by atoms with E-state index in [0.29, 0.717) is 28.9 Å². The van der Waals surface area contributed by atoms with Crippen molar-refractivity contribution in [1.82, 2.24) is 14.7 Å². The number of piperazine rings is 1. The molecule has 1 N–H and O–H groups in total. The zero-order valence-electron chi connectivity index (χ0n) is 16.1. The maximum atomic E-state index is 12.7. The number of hydrogen-bond acceptors (Lipinski definition) is 6. The molecule has 1 fully saturated rings. The number of rotatable bonds is 2. The van der Waals surface area contributed by atoms with Gasteiger partial charge in [0.2, 0.25) is 0 Å². The van der Waals surface area contributed by atoms with Crippen LogP contribution in [0.15, 0.2) is 45.1 Å². The van der Waals surface area contributed by atoms with Gasteiger partial charge in [-0.2, -0.15) is 0 Å². The summed E-state index contributed by atoms with van der Waals surface area (Å²) in [6.45, 7) is 8.27. The molecule has 144 valence electrons. The van der Waals surface area contributed by atoms with Gasteiger partial charge in [-0.3, -0.25) is 4.40 Å². The summed E-state index contributed by atoms with van der Waals surface area (Å²) in [6, 6.07) is 8.83. The van der Waals surface area contributed by atoms with Gasteiger partial charge in [0.25, 0.3) is 0 Å². The van der Waals surface area contributed by atoms with Crippen LogP contribution in [0.25, 0.3) is 27.2 Å². The Morgan fingerprint density at radius 3 is 2.75 bits per heavy atom. The minimum atomic E-state index is -0.352. The molecular formula is C21H22N4O2S. The second-order valence-corrected chi connectivity index (χ2v) is 8.54. The van der Waals surface area contributed by atoms with E-state index in [1.165, 1.54) is 0 Å². The number of aryl methyl sites for hydroxylation is 1. The molecule has 4 heterocycles. The average molecular weight is 395 g/mol. The van der Waals surface area contributed by atoms with Crippen LogP contribution in [0.3, 0.4) is 0 Å². The van der Waals surface area contributed by atoms with E-state index >= 15 is 0 Å². The van der Waals surface area contributed by atoms with Crippen LogP contribution in [0.5, 0.6) is 0 Å². The Balaban J connectivity index is 1.55. The molecule has 28 heavy (non-hydrogen) atoms. The van der Waals surface area contributed by atoms with E-state index in [1.807, 2.05) is 41.1 Å². The van der Waals surface area contributed by atoms with Crippen molar-refractivity contribution in [3.63, 3.8) is 0 Å². The molecule has 1 aliphatic heterocycles. The van der Waals surface area contributed by atoms with Crippen LogP contribution in [0, 0.1) is 6.92 Å². The van der Waals surface area contributed by atoms with Gasteiger partial charge in [0.05, 0.1) is 11.3 Å². The van der Waals surface area contributed by atoms with Gasteiger partial charge in [-0.15, -0.1) is 11.3 Å². The summed E-state index contributed by atoms with van der Waals surface area (Å²) in [5, 5.41) is 6.50. The van der Waals surface area contributed by atoms with Crippen molar-refractivity contribution in [2.24, 2.45) is 0 Å². The van der Waals surface area contributed by atoms with E-state index in [0.717, 1.165) is 34.8 Å². The van der Waals surface area contributed by atoms with Crippen molar-refractivity contribution < 1.29 is 4.42 Å². The van der Waals surface area contributed by atoms with Crippen molar-refractivity contribution in [3.05, 3.63) is 52.0 Å². The van der Waals surface area contributed by atoms with E-state index in [9.17, 15) is 4.79 Å². The molecule has 2 atom stereocenters. The second kappa shape index (κ2) is 6.46. The molecule has 0 bridgehead atoms. The number of imidazole rings is 1. The summed E-state index contributed by atoms with van der Waals surface area (Å²) in [7, 11) is 0. The van der Waals surface area contributed by atoms with Gasteiger partial charge in [0.1, 0.15) is 5.58 Å². The fourth-order valence-electron chi connectivity index (χ4n) is 4.04. The SMILES string of the molecule is Cc1csc2nc(-c3cc4ccc(N5CC(C)NC(C)C5)cc4oc3=O)cn12. The third-order valence-electron chi connectivity index (χ3n) is 5.31. The van der Waals surface area contributed by atoms with Crippen molar-refractivity contribution in [2.45, 2.75) is 32.9 Å². The molecule has 6 nitrogen and oxygen atoms in total. The lowest BCUT2D eigenvalue weighted by Gasteiger charge is -2.37. The molecule has 1 saturated heterocycles. The predicted molar refractivity (Wildman–Crippen MR) is 114 cm³/mol. The van der Waals surface area contributed by atoms with Crippen molar-refractivity contribution in [1.29, 1.82) is 0 Å². The van der Waals surface area contributed by atoms with Gasteiger partial charge in [-0.05, 0) is 39.0 Å². The van der Waals surface area contributed by atoms with E-state index < -0.39 is 0 Å². The molecule has 0 amide bonds. The molecule has 5 rings (SSSR count). The molecule has 0 spiro atoms. The lowest BCUT2D eigenvalue weighted by Crippen LogP contribution is -2.54. The molecule has 0 saturated carbocycles. The van der Waals surface area contributed by atoms with Crippen molar-refractivity contribution in [2.75, 3.05) is 18.0 Å². The first-order valence-electron chi connectivity index (χ1n) is 9.50. The molecule has 1 aliphatic rings. The average Bonchev–Trinajstić information content (AvgIpc) is 3.22. The summed E-state index contributed by atoms with van der Waals surface area (Å²) < 4.78 is 7.69. The van der Waals surface area contributed by atoms with Crippen LogP contribution in [-0.4, -0.2) is 34.6 Å². The molecule has 0 radical (unpaired) electrons. The van der Waals surface area contributed by atoms with E-state index in [-0.39, 0.29) is 5.63 Å². The normalized spacial score (nSPS) is 20.3. The summed E-state index contributed by atoms with van der Waals surface area (Å²) >= 11 is 1.57. The second-order valence-electron chi connectivity index (χ2n) is 7.70. The number of aromatic nitrogens is 2. The number of thiazole rings is 1. The summed E-state index contributed by atoms with van der Waals surface area (Å²) in [4.78, 5) is 20.5. The smallest absolute Gasteiger partial charge is 0.345 e. The Kier molecular flexibility index (Phi) is 4.03. The molecule has 1 aromatic carbocycles. The fourth-order valence-corrected chi connectivity index (χ4v) is 4.89. The number of anilines is 1. The Labute approximate surface area is 166 Å². The zero-order valence-corrected chi connectivity index (χ0v) is 16.9. The summed E-state index contributed by atoms with van der Waals surface area (Å²) in [5.41, 5.74) is 3.60. The van der Waals surface area contributed by atoms with E-state index in [1.54, 1.807) is 11.3 Å². The third kappa shape index (κ3) is 2.91. The summed E-state index contributed by atoms with van der Waals surface area (Å²) in [6.07, 6.45) is 1.90. The van der Waals surface area contributed by atoms with Gasteiger partial charge in [0, 0.05) is 59.6 Å². The van der Waals surface area contributed by atoms with Crippen LogP contribution in [0.2, 0.25) is 0 Å². The Hall–Kier alpha value is -2.64.